The fourth-order valence-corrected chi connectivity index (χ4v) is 4.43. The molecule has 0 bridgehead atoms. The minimum atomic E-state index is -3.41. The van der Waals surface area contributed by atoms with Crippen molar-refractivity contribution >= 4 is 16.1 Å². The maximum Gasteiger partial charge on any atom is 0.236 e. The van der Waals surface area contributed by atoms with Crippen LogP contribution in [0, 0.1) is 0 Å². The predicted molar refractivity (Wildman–Crippen MR) is 105 cm³/mol. The summed E-state index contributed by atoms with van der Waals surface area (Å²) >= 11 is 0. The first kappa shape index (κ1) is 18.7. The minimum absolute atomic E-state index is 0.486. The molecule has 1 saturated heterocycles. The second-order valence-electron chi connectivity index (χ2n) is 6.74. The predicted octanol–water partition coefficient (Wildman–Crippen LogP) is 1.64. The van der Waals surface area contributed by atoms with Crippen molar-refractivity contribution < 1.29 is 22.3 Å². The monoisotopic (exact) mass is 400 g/mol. The van der Waals surface area contributed by atoms with Crippen LogP contribution in [0.3, 0.4) is 0 Å². The summed E-state index contributed by atoms with van der Waals surface area (Å²) in [5.74, 6) is 1.25. The molecule has 0 spiro atoms. The highest BCUT2D eigenvalue weighted by Crippen LogP contribution is 2.20. The highest BCUT2D eigenvalue weighted by Gasteiger charge is 2.28. The average Bonchev–Trinajstić information content (AvgIpc) is 3.40. The molecule has 0 unspecified atom stereocenters. The lowest BCUT2D eigenvalue weighted by Crippen LogP contribution is -3.13. The number of quaternary nitrogens is 1. The van der Waals surface area contributed by atoms with Gasteiger partial charge in [-0.25, -0.2) is 8.42 Å². The van der Waals surface area contributed by atoms with Gasteiger partial charge in [-0.15, -0.1) is 0 Å². The van der Waals surface area contributed by atoms with Gasteiger partial charge in [0.05, 0.1) is 32.4 Å². The van der Waals surface area contributed by atoms with E-state index in [1.807, 2.05) is 42.5 Å². The molecule has 0 atom stereocenters. The fraction of sp³-hybridized carbons (Fsp3) is 0.250. The van der Waals surface area contributed by atoms with E-state index in [4.69, 9.17) is 8.94 Å². The Labute approximate surface area is 163 Å². The van der Waals surface area contributed by atoms with Gasteiger partial charge in [0.15, 0.2) is 5.76 Å². The van der Waals surface area contributed by atoms with Gasteiger partial charge < -0.3 is 13.8 Å². The van der Waals surface area contributed by atoms with Crippen molar-refractivity contribution in [2.45, 2.75) is 6.54 Å². The van der Waals surface area contributed by atoms with Gasteiger partial charge in [0.25, 0.3) is 0 Å². The highest BCUT2D eigenvalue weighted by molar-refractivity contribution is 7.92. The lowest BCUT2D eigenvalue weighted by Gasteiger charge is -2.30. The second kappa shape index (κ2) is 8.14. The van der Waals surface area contributed by atoms with Gasteiger partial charge in [0, 0.05) is 11.5 Å². The second-order valence-corrected chi connectivity index (χ2v) is 8.56. The van der Waals surface area contributed by atoms with E-state index in [0.29, 0.717) is 31.2 Å². The molecular weight excluding hydrogens is 378 g/mol. The summed E-state index contributed by atoms with van der Waals surface area (Å²) in [6.45, 7) is 3.11. The lowest BCUT2D eigenvalue weighted by atomic mass is 10.2. The first-order chi connectivity index (χ1) is 13.6. The third kappa shape index (κ3) is 4.41. The Morgan fingerprint density at radius 3 is 2.57 bits per heavy atom. The number of rotatable bonds is 6. The van der Waals surface area contributed by atoms with Gasteiger partial charge >= 0.3 is 0 Å². The molecule has 0 radical (unpaired) electrons. The molecule has 3 aromatic rings. The first-order valence-electron chi connectivity index (χ1n) is 9.16. The van der Waals surface area contributed by atoms with E-state index in [1.54, 1.807) is 18.4 Å². The topological polar surface area (TPSA) is 81.0 Å². The van der Waals surface area contributed by atoms with Crippen LogP contribution in [0.4, 0.5) is 0 Å². The van der Waals surface area contributed by atoms with E-state index in [-0.39, 0.29) is 0 Å². The van der Waals surface area contributed by atoms with Crippen LogP contribution < -0.4 is 4.90 Å². The number of hydrogen-bond donors (Lipinski definition) is 1. The molecule has 0 saturated carbocycles. The number of furan rings is 1. The summed E-state index contributed by atoms with van der Waals surface area (Å²) in [4.78, 5) is 1.28. The van der Waals surface area contributed by atoms with Crippen molar-refractivity contribution in [3.8, 4) is 11.5 Å². The smallest absolute Gasteiger partial charge is 0.236 e. The number of piperazine rings is 1. The van der Waals surface area contributed by atoms with E-state index in [0.717, 1.165) is 24.3 Å². The van der Waals surface area contributed by atoms with Crippen LogP contribution >= 0.6 is 0 Å². The maximum atomic E-state index is 12.6. The fourth-order valence-electron chi connectivity index (χ4n) is 3.23. The summed E-state index contributed by atoms with van der Waals surface area (Å²) in [6.07, 6.45) is 3.23. The minimum Gasteiger partial charge on any atom is -0.461 e. The molecule has 0 aliphatic carbocycles. The molecule has 146 valence electrons. The van der Waals surface area contributed by atoms with Crippen molar-refractivity contribution in [1.82, 2.24) is 9.46 Å². The zero-order valence-electron chi connectivity index (χ0n) is 15.3. The van der Waals surface area contributed by atoms with Gasteiger partial charge in [0.2, 0.25) is 15.8 Å². The van der Waals surface area contributed by atoms with E-state index in [1.165, 1.54) is 14.6 Å². The zero-order chi connectivity index (χ0) is 19.4. The molecule has 28 heavy (non-hydrogen) atoms. The highest BCUT2D eigenvalue weighted by atomic mass is 32.2. The maximum absolute atomic E-state index is 12.6. The molecular formula is C20H22N3O4S+. The molecule has 4 rings (SSSR count). The van der Waals surface area contributed by atoms with Crippen molar-refractivity contribution in [3.05, 3.63) is 71.5 Å². The molecule has 3 heterocycles. The van der Waals surface area contributed by atoms with E-state index in [9.17, 15) is 8.42 Å². The Morgan fingerprint density at radius 2 is 1.86 bits per heavy atom. The van der Waals surface area contributed by atoms with E-state index < -0.39 is 10.0 Å². The van der Waals surface area contributed by atoms with E-state index in [2.05, 4.69) is 5.16 Å². The Hall–Kier alpha value is -2.68. The van der Waals surface area contributed by atoms with Gasteiger partial charge in [-0.05, 0) is 23.8 Å². The van der Waals surface area contributed by atoms with Crippen LogP contribution in [0.2, 0.25) is 0 Å². The molecule has 0 amide bonds. The Bertz CT molecular complexity index is 1020. The van der Waals surface area contributed by atoms with Crippen LogP contribution in [0.5, 0.6) is 0 Å². The molecule has 1 aliphatic heterocycles. The standard InChI is InChI=1S/C20H21N3O4S/c24-28(25,14-8-17-5-2-1-3-6-17)23-11-9-22(10-12-23)16-18-15-20(27-21-18)19-7-4-13-26-19/h1-8,13-15H,9-12,16H2/p+1/b14-8+. The van der Waals surface area contributed by atoms with Crippen LogP contribution in [-0.4, -0.2) is 44.1 Å². The number of benzene rings is 1. The largest absolute Gasteiger partial charge is 0.461 e. The summed E-state index contributed by atoms with van der Waals surface area (Å²) in [5, 5.41) is 5.39. The average molecular weight is 400 g/mol. The zero-order valence-corrected chi connectivity index (χ0v) is 16.1. The first-order valence-corrected chi connectivity index (χ1v) is 10.7. The van der Waals surface area contributed by atoms with Gasteiger partial charge in [-0.2, -0.15) is 4.31 Å². The SMILES string of the molecule is O=S(=O)(/C=C/c1ccccc1)N1CC[NH+](Cc2cc(-c3ccco3)on2)CC1. The van der Waals surface area contributed by atoms with Gasteiger partial charge in [-0.3, -0.25) is 0 Å². The summed E-state index contributed by atoms with van der Waals surface area (Å²) in [5.41, 5.74) is 1.70. The Morgan fingerprint density at radius 1 is 1.07 bits per heavy atom. The van der Waals surface area contributed by atoms with Crippen molar-refractivity contribution in [2.75, 3.05) is 26.2 Å². The van der Waals surface area contributed by atoms with Crippen molar-refractivity contribution in [3.63, 3.8) is 0 Å². The van der Waals surface area contributed by atoms with Crippen LogP contribution in [0.1, 0.15) is 11.3 Å². The molecule has 1 N–H and O–H groups in total. The number of hydrogen-bond acceptors (Lipinski definition) is 5. The number of nitrogens with zero attached hydrogens (tertiary/aromatic N) is 2. The number of aromatic nitrogens is 1. The quantitative estimate of drug-likeness (QED) is 0.680. The van der Waals surface area contributed by atoms with Crippen LogP contribution in [0.25, 0.3) is 17.6 Å². The van der Waals surface area contributed by atoms with Crippen LogP contribution in [0.15, 0.2) is 69.1 Å². The molecule has 1 aliphatic rings. The normalized spacial score (nSPS) is 16.7. The molecule has 2 aromatic heterocycles. The van der Waals surface area contributed by atoms with Crippen LogP contribution in [-0.2, 0) is 16.6 Å². The van der Waals surface area contributed by atoms with Gasteiger partial charge in [-0.1, -0.05) is 35.5 Å². The number of nitrogens with one attached hydrogen (secondary N) is 1. The summed E-state index contributed by atoms with van der Waals surface area (Å²) in [6, 6.07) is 14.9. The van der Waals surface area contributed by atoms with Gasteiger partial charge in [0.1, 0.15) is 12.2 Å². The third-order valence-electron chi connectivity index (χ3n) is 4.78. The Balaban J connectivity index is 1.32. The number of sulfonamides is 1. The molecule has 8 heteroatoms. The molecule has 1 aromatic carbocycles. The molecule has 1 fully saturated rings. The lowest BCUT2D eigenvalue weighted by molar-refractivity contribution is -0.917. The third-order valence-corrected chi connectivity index (χ3v) is 6.34. The Kier molecular flexibility index (Phi) is 5.43. The van der Waals surface area contributed by atoms with Crippen molar-refractivity contribution in [1.29, 1.82) is 0 Å². The van der Waals surface area contributed by atoms with Crippen molar-refractivity contribution in [2.24, 2.45) is 0 Å². The summed E-state index contributed by atoms with van der Waals surface area (Å²) in [7, 11) is -3.41. The summed E-state index contributed by atoms with van der Waals surface area (Å²) < 4.78 is 37.3. The molecule has 7 nitrogen and oxygen atoms in total. The van der Waals surface area contributed by atoms with E-state index >= 15 is 0 Å².